The van der Waals surface area contributed by atoms with Crippen LogP contribution in [-0.4, -0.2) is 5.75 Å². The Morgan fingerprint density at radius 1 is 0.696 bits per heavy atom. The molecule has 0 saturated heterocycles. The molecule has 2 aromatic rings. The number of aryl methyl sites for hydroxylation is 1. The zero-order chi connectivity index (χ0) is 16.3. The van der Waals surface area contributed by atoms with Crippen molar-refractivity contribution in [3.05, 3.63) is 54.1 Å². The van der Waals surface area contributed by atoms with Crippen molar-refractivity contribution >= 4 is 33.0 Å². The van der Waals surface area contributed by atoms with E-state index >= 15 is 0 Å². The van der Waals surface area contributed by atoms with Crippen molar-refractivity contribution in [1.29, 1.82) is 0 Å². The minimum atomic E-state index is 0.880. The molecule has 0 amide bonds. The lowest BCUT2D eigenvalue weighted by atomic mass is 10.0. The standard InChI is InChI=1S/C19H26N2S2/c20-17-12-6-5-11-16(17)10-4-2-1-3-9-15-22-23-19-14-8-7-13-18(19)21/h5-8,11-14H,1-4,9-10,15,20-21H2. The van der Waals surface area contributed by atoms with Crippen molar-refractivity contribution in [3.63, 3.8) is 0 Å². The molecule has 0 spiro atoms. The zero-order valence-corrected chi connectivity index (χ0v) is 15.2. The van der Waals surface area contributed by atoms with Gasteiger partial charge in [0, 0.05) is 22.0 Å². The van der Waals surface area contributed by atoms with Crippen LogP contribution >= 0.6 is 21.6 Å². The minimum absolute atomic E-state index is 0.880. The fourth-order valence-electron chi connectivity index (χ4n) is 2.43. The van der Waals surface area contributed by atoms with E-state index in [9.17, 15) is 0 Å². The van der Waals surface area contributed by atoms with E-state index in [1.807, 2.05) is 41.1 Å². The SMILES string of the molecule is Nc1ccccc1CCCCCCCSSc1ccccc1N. The Bertz CT molecular complexity index is 536. The molecule has 2 rings (SSSR count). The minimum Gasteiger partial charge on any atom is -0.399 e. The second-order valence-corrected chi connectivity index (χ2v) is 8.12. The van der Waals surface area contributed by atoms with E-state index in [0.29, 0.717) is 0 Å². The predicted molar refractivity (Wildman–Crippen MR) is 107 cm³/mol. The van der Waals surface area contributed by atoms with Crippen molar-refractivity contribution < 1.29 is 0 Å². The molecule has 0 aliphatic heterocycles. The Morgan fingerprint density at radius 2 is 1.35 bits per heavy atom. The van der Waals surface area contributed by atoms with Gasteiger partial charge in [-0.2, -0.15) is 0 Å². The molecule has 0 unspecified atom stereocenters. The van der Waals surface area contributed by atoms with Crippen LogP contribution in [0.15, 0.2) is 53.4 Å². The molecule has 4 heteroatoms. The Balaban J connectivity index is 1.47. The first-order valence-electron chi connectivity index (χ1n) is 8.25. The molecule has 2 nitrogen and oxygen atoms in total. The maximum absolute atomic E-state index is 5.96. The van der Waals surface area contributed by atoms with Crippen LogP contribution < -0.4 is 11.5 Å². The molecular formula is C19H26N2S2. The van der Waals surface area contributed by atoms with E-state index in [1.54, 1.807) is 10.8 Å². The third kappa shape index (κ3) is 6.80. The first-order chi connectivity index (χ1) is 11.3. The second-order valence-electron chi connectivity index (χ2n) is 5.66. The summed E-state index contributed by atoms with van der Waals surface area (Å²) in [6.45, 7) is 0. The number of nitrogens with two attached hydrogens (primary N) is 2. The lowest BCUT2D eigenvalue weighted by Gasteiger charge is -2.06. The van der Waals surface area contributed by atoms with Gasteiger partial charge in [0.2, 0.25) is 0 Å². The van der Waals surface area contributed by atoms with Gasteiger partial charge in [0.1, 0.15) is 0 Å². The average molecular weight is 347 g/mol. The largest absolute Gasteiger partial charge is 0.399 e. The molecule has 0 saturated carbocycles. The Kier molecular flexibility index (Phi) is 8.26. The van der Waals surface area contributed by atoms with Crippen molar-refractivity contribution in [2.45, 2.75) is 43.4 Å². The monoisotopic (exact) mass is 346 g/mol. The number of benzene rings is 2. The number of nitrogen functional groups attached to an aromatic ring is 2. The zero-order valence-electron chi connectivity index (χ0n) is 13.5. The third-order valence-corrected chi connectivity index (χ3v) is 6.31. The van der Waals surface area contributed by atoms with Crippen LogP contribution in [0.3, 0.4) is 0 Å². The smallest absolute Gasteiger partial charge is 0.0460 e. The molecule has 0 bridgehead atoms. The molecule has 2 aromatic carbocycles. The van der Waals surface area contributed by atoms with E-state index in [1.165, 1.54) is 48.3 Å². The summed E-state index contributed by atoms with van der Waals surface area (Å²) in [5.41, 5.74) is 15.0. The summed E-state index contributed by atoms with van der Waals surface area (Å²) in [6, 6.07) is 16.3. The van der Waals surface area contributed by atoms with Gasteiger partial charge < -0.3 is 11.5 Å². The molecule has 0 radical (unpaired) electrons. The second kappa shape index (κ2) is 10.5. The highest BCUT2D eigenvalue weighted by atomic mass is 33.1. The highest BCUT2D eigenvalue weighted by molar-refractivity contribution is 8.76. The maximum Gasteiger partial charge on any atom is 0.0460 e. The van der Waals surface area contributed by atoms with Gasteiger partial charge in [-0.05, 0) is 43.0 Å². The Labute approximate surface area is 147 Å². The van der Waals surface area contributed by atoms with Crippen LogP contribution in [0.1, 0.15) is 37.7 Å². The molecule has 0 aliphatic rings. The van der Waals surface area contributed by atoms with Crippen molar-refractivity contribution in [2.75, 3.05) is 17.2 Å². The van der Waals surface area contributed by atoms with Crippen molar-refractivity contribution in [1.82, 2.24) is 0 Å². The molecule has 23 heavy (non-hydrogen) atoms. The number of hydrogen-bond donors (Lipinski definition) is 2. The van der Waals surface area contributed by atoms with E-state index in [4.69, 9.17) is 11.5 Å². The van der Waals surface area contributed by atoms with E-state index < -0.39 is 0 Å². The van der Waals surface area contributed by atoms with Crippen LogP contribution in [0.25, 0.3) is 0 Å². The normalized spacial score (nSPS) is 10.8. The third-order valence-electron chi connectivity index (χ3n) is 3.80. The first kappa shape index (κ1) is 18.1. The van der Waals surface area contributed by atoms with E-state index in [2.05, 4.69) is 18.2 Å². The van der Waals surface area contributed by atoms with Crippen LogP contribution in [0.5, 0.6) is 0 Å². The summed E-state index contributed by atoms with van der Waals surface area (Å²) in [7, 11) is 3.70. The summed E-state index contributed by atoms with van der Waals surface area (Å²) < 4.78 is 0. The van der Waals surface area contributed by atoms with E-state index in [0.717, 1.165) is 17.8 Å². The van der Waals surface area contributed by atoms with E-state index in [-0.39, 0.29) is 0 Å². The molecule has 0 atom stereocenters. The number of hydrogen-bond acceptors (Lipinski definition) is 4. The van der Waals surface area contributed by atoms with Crippen LogP contribution in [0, 0.1) is 0 Å². The summed E-state index contributed by atoms with van der Waals surface area (Å²) in [4.78, 5) is 1.18. The highest BCUT2D eigenvalue weighted by Gasteiger charge is 2.00. The fourth-order valence-corrected chi connectivity index (χ4v) is 4.70. The summed E-state index contributed by atoms with van der Waals surface area (Å²) in [6.07, 6.45) is 7.52. The molecule has 0 aliphatic carbocycles. The quantitative estimate of drug-likeness (QED) is 0.325. The van der Waals surface area contributed by atoms with Crippen LogP contribution in [-0.2, 0) is 6.42 Å². The predicted octanol–water partition coefficient (Wildman–Crippen LogP) is 5.78. The van der Waals surface area contributed by atoms with Gasteiger partial charge in [0.05, 0.1) is 0 Å². The topological polar surface area (TPSA) is 52.0 Å². The summed E-state index contributed by atoms with van der Waals surface area (Å²) in [5, 5.41) is 0. The van der Waals surface area contributed by atoms with Gasteiger partial charge in [-0.15, -0.1) is 0 Å². The number of para-hydroxylation sites is 2. The molecule has 0 heterocycles. The lowest BCUT2D eigenvalue weighted by Crippen LogP contribution is -1.94. The lowest BCUT2D eigenvalue weighted by molar-refractivity contribution is 0.635. The maximum atomic E-state index is 5.96. The number of unbranched alkanes of at least 4 members (excludes halogenated alkanes) is 4. The van der Waals surface area contributed by atoms with Gasteiger partial charge in [-0.1, -0.05) is 71.2 Å². The van der Waals surface area contributed by atoms with Crippen molar-refractivity contribution in [3.8, 4) is 0 Å². The number of rotatable bonds is 10. The summed E-state index contributed by atoms with van der Waals surface area (Å²) >= 11 is 0. The first-order valence-corrected chi connectivity index (χ1v) is 10.6. The van der Waals surface area contributed by atoms with Gasteiger partial charge in [0.25, 0.3) is 0 Å². The van der Waals surface area contributed by atoms with Gasteiger partial charge in [0.15, 0.2) is 0 Å². The summed E-state index contributed by atoms with van der Waals surface area (Å²) in [5.74, 6) is 1.19. The molecule has 0 aromatic heterocycles. The van der Waals surface area contributed by atoms with Gasteiger partial charge in [-0.3, -0.25) is 0 Å². The Morgan fingerprint density at radius 3 is 2.13 bits per heavy atom. The average Bonchev–Trinajstić information content (AvgIpc) is 2.56. The molecule has 0 fully saturated rings. The fraction of sp³-hybridized carbons (Fsp3) is 0.368. The molecular weight excluding hydrogens is 320 g/mol. The van der Waals surface area contributed by atoms with Crippen LogP contribution in [0.4, 0.5) is 11.4 Å². The van der Waals surface area contributed by atoms with Crippen LogP contribution in [0.2, 0.25) is 0 Å². The molecule has 4 N–H and O–H groups in total. The van der Waals surface area contributed by atoms with Gasteiger partial charge >= 0.3 is 0 Å². The number of anilines is 2. The van der Waals surface area contributed by atoms with Gasteiger partial charge in [-0.25, -0.2) is 0 Å². The van der Waals surface area contributed by atoms with Crippen molar-refractivity contribution in [2.24, 2.45) is 0 Å². The Hall–Kier alpha value is -1.26. The molecule has 124 valence electrons. The highest BCUT2D eigenvalue weighted by Crippen LogP contribution is 2.35.